The Morgan fingerprint density at radius 3 is 1.43 bits per heavy atom. The van der Waals surface area contributed by atoms with Gasteiger partial charge in [-0.05, 0) is 0 Å². The maximum Gasteiger partial charge on any atom is 0.190 e. The van der Waals surface area contributed by atoms with E-state index in [9.17, 15) is 0 Å². The summed E-state index contributed by atoms with van der Waals surface area (Å²) in [4.78, 5) is 0. The zero-order chi connectivity index (χ0) is 6.12. The maximum atomic E-state index is 7.48. The van der Waals surface area contributed by atoms with Crippen molar-refractivity contribution < 1.29 is 0 Å². The van der Waals surface area contributed by atoms with E-state index in [1.807, 2.05) is 0 Å². The highest BCUT2D eigenvalue weighted by Gasteiger charge is 1.53. The molecule has 5 heteroatoms. The van der Waals surface area contributed by atoms with Gasteiger partial charge in [0.05, 0.1) is 0 Å². The number of nitriles is 2. The first-order chi connectivity index (χ1) is 3.41. The summed E-state index contributed by atoms with van der Waals surface area (Å²) in [5.41, 5.74) is 0. The molecule has 0 aliphatic carbocycles. The van der Waals surface area contributed by atoms with Crippen LogP contribution in [0.2, 0.25) is 0 Å². The summed E-state index contributed by atoms with van der Waals surface area (Å²) in [6, 6.07) is 0. The molecule has 0 fully saturated rings. The van der Waals surface area contributed by atoms with E-state index in [2.05, 4.69) is 11.7 Å². The third-order valence-electron chi connectivity index (χ3n) is 0.112. The fourth-order valence-corrected chi connectivity index (χ4v) is 0.0250. The summed E-state index contributed by atoms with van der Waals surface area (Å²) in [5, 5.41) is 16.7. The van der Waals surface area contributed by atoms with Crippen molar-refractivity contribution in [2.45, 2.75) is 0 Å². The summed E-state index contributed by atoms with van der Waals surface area (Å²) in [7, 11) is 0. The van der Waals surface area contributed by atoms with Gasteiger partial charge in [0.1, 0.15) is 0 Å². The second-order valence-electron chi connectivity index (χ2n) is 0.349. The van der Waals surface area contributed by atoms with Crippen LogP contribution in [0.5, 0.6) is 0 Å². The Kier molecular flexibility index (Phi) is 29.3. The molecule has 0 saturated carbocycles. The molecular weight excluding hydrogens is 94.1 g/mol. The van der Waals surface area contributed by atoms with Crippen LogP contribution in [0, 0.1) is 22.9 Å². The maximum absolute atomic E-state index is 7.48. The monoisotopic (exact) mass is 99.1 g/mol. The summed E-state index contributed by atoms with van der Waals surface area (Å²) in [5.74, 6) is 8.00. The first-order valence-electron chi connectivity index (χ1n) is 1.28. The number of nitrogens with one attached hydrogen (secondary N) is 1. The van der Waals surface area contributed by atoms with Gasteiger partial charge in [-0.2, -0.15) is 10.5 Å². The molecule has 7 heavy (non-hydrogen) atoms. The van der Waals surface area contributed by atoms with Crippen molar-refractivity contribution in [1.29, 1.82) is 10.5 Å². The highest BCUT2D eigenvalue weighted by Crippen LogP contribution is 1.28. The highest BCUT2D eigenvalue weighted by atomic mass is 15.0. The Bertz CT molecular complexity index is 71.2. The van der Waals surface area contributed by atoms with Gasteiger partial charge >= 0.3 is 0 Å². The molecule has 0 amide bonds. The zero-order valence-corrected chi connectivity index (χ0v) is 3.55. The molecule has 5 nitrogen and oxygen atoms in total. The molecular formula is C2H5N5. The predicted molar refractivity (Wildman–Crippen MR) is 22.7 cm³/mol. The van der Waals surface area contributed by atoms with Crippen molar-refractivity contribution >= 4 is 0 Å². The Labute approximate surface area is 41.1 Å². The minimum atomic E-state index is 1.41. The lowest BCUT2D eigenvalue weighted by Crippen LogP contribution is -2.02. The molecule has 0 saturated heterocycles. The van der Waals surface area contributed by atoms with Crippen LogP contribution in [0.4, 0.5) is 0 Å². The van der Waals surface area contributed by atoms with Crippen LogP contribution in [0.3, 0.4) is 0 Å². The van der Waals surface area contributed by atoms with Gasteiger partial charge in [0.25, 0.3) is 0 Å². The summed E-state index contributed by atoms with van der Waals surface area (Å²) in [6.07, 6.45) is 2.81. The zero-order valence-electron chi connectivity index (χ0n) is 3.55. The van der Waals surface area contributed by atoms with E-state index >= 15 is 0 Å². The number of hydrazine groups is 1. The third kappa shape index (κ3) is 69.9. The Morgan fingerprint density at radius 1 is 1.14 bits per heavy atom. The largest absolute Gasteiger partial charge is 0.274 e. The molecule has 0 heterocycles. The smallest absolute Gasteiger partial charge is 0.190 e. The minimum absolute atomic E-state index is 1.41. The molecule has 0 spiro atoms. The molecule has 0 radical (unpaired) electrons. The fourth-order valence-electron chi connectivity index (χ4n) is 0.0250. The van der Waals surface area contributed by atoms with Gasteiger partial charge in [-0.1, -0.05) is 0 Å². The van der Waals surface area contributed by atoms with E-state index in [0.717, 1.165) is 0 Å². The lowest BCUT2D eigenvalue weighted by Gasteiger charge is -1.56. The molecule has 38 valence electrons. The van der Waals surface area contributed by atoms with Crippen molar-refractivity contribution in [1.82, 2.24) is 5.32 Å². The third-order valence-corrected chi connectivity index (χ3v) is 0.112. The number of nitrogens with zero attached hydrogens (tertiary/aromatic N) is 2. The summed E-state index contributed by atoms with van der Waals surface area (Å²) < 4.78 is 0. The first-order valence-corrected chi connectivity index (χ1v) is 1.28. The topological polar surface area (TPSA) is 112 Å². The van der Waals surface area contributed by atoms with Gasteiger partial charge in [-0.15, -0.1) is 0 Å². The molecule has 0 aromatic heterocycles. The van der Waals surface area contributed by atoms with Crippen LogP contribution in [-0.2, 0) is 0 Å². The first kappa shape index (κ1) is 9.20. The van der Waals surface area contributed by atoms with Crippen LogP contribution in [-0.4, -0.2) is 0 Å². The van der Waals surface area contributed by atoms with Crippen molar-refractivity contribution in [3.8, 4) is 12.4 Å². The van der Waals surface area contributed by atoms with Gasteiger partial charge in [0, 0.05) is 0 Å². The minimum Gasteiger partial charge on any atom is -0.274 e. The molecule has 0 aliphatic heterocycles. The summed E-state index contributed by atoms with van der Waals surface area (Å²) in [6.45, 7) is 0. The van der Waals surface area contributed by atoms with Gasteiger partial charge < -0.3 is 0 Å². The van der Waals surface area contributed by atoms with Crippen LogP contribution in [0.25, 0.3) is 0 Å². The van der Waals surface area contributed by atoms with E-state index in [1.165, 1.54) is 12.4 Å². The average molecular weight is 99.1 g/mol. The number of nitrogens with two attached hydrogens (primary N) is 2. The second kappa shape index (κ2) is 22.3. The molecule has 0 bridgehead atoms. The van der Waals surface area contributed by atoms with Crippen LogP contribution in [0.15, 0.2) is 0 Å². The number of rotatable bonds is 0. The van der Waals surface area contributed by atoms with Gasteiger partial charge in [-0.25, -0.2) is 5.32 Å². The molecule has 0 atom stereocenters. The molecule has 0 aromatic carbocycles. The SMILES string of the molecule is N#CNC#N.NN. The Hall–Kier alpha value is -1.30. The fraction of sp³-hybridized carbons (Fsp3) is 0. The molecule has 5 N–H and O–H groups in total. The van der Waals surface area contributed by atoms with Gasteiger partial charge in [0.15, 0.2) is 12.4 Å². The van der Waals surface area contributed by atoms with Gasteiger partial charge in [-0.3, -0.25) is 11.7 Å². The summed E-state index contributed by atoms with van der Waals surface area (Å²) >= 11 is 0. The Morgan fingerprint density at radius 2 is 1.43 bits per heavy atom. The molecule has 0 unspecified atom stereocenters. The van der Waals surface area contributed by atoms with E-state index in [1.54, 1.807) is 5.32 Å². The lowest BCUT2D eigenvalue weighted by molar-refractivity contribution is 1.20. The van der Waals surface area contributed by atoms with Crippen molar-refractivity contribution in [2.24, 2.45) is 11.7 Å². The predicted octanol–water partition coefficient (Wildman–Crippen LogP) is -1.64. The van der Waals surface area contributed by atoms with E-state index in [4.69, 9.17) is 10.5 Å². The Balaban J connectivity index is 0. The molecule has 0 aromatic rings. The second-order valence-corrected chi connectivity index (χ2v) is 0.349. The normalized spacial score (nSPS) is 3.43. The van der Waals surface area contributed by atoms with Crippen molar-refractivity contribution in [3.05, 3.63) is 0 Å². The number of hydrogen-bond acceptors (Lipinski definition) is 5. The van der Waals surface area contributed by atoms with Gasteiger partial charge in [0.2, 0.25) is 0 Å². The highest BCUT2D eigenvalue weighted by molar-refractivity contribution is 4.77. The molecule has 0 rings (SSSR count). The average Bonchev–Trinajstić information content (AvgIpc) is 1.75. The van der Waals surface area contributed by atoms with E-state index in [-0.39, 0.29) is 0 Å². The van der Waals surface area contributed by atoms with E-state index in [0.29, 0.717) is 0 Å². The van der Waals surface area contributed by atoms with Crippen LogP contribution >= 0.6 is 0 Å². The van der Waals surface area contributed by atoms with Crippen LogP contribution in [0.1, 0.15) is 0 Å². The van der Waals surface area contributed by atoms with Crippen LogP contribution < -0.4 is 17.0 Å². The van der Waals surface area contributed by atoms with Crippen molar-refractivity contribution in [2.75, 3.05) is 0 Å². The molecule has 0 aliphatic rings. The number of hydrogen-bond donors (Lipinski definition) is 3. The van der Waals surface area contributed by atoms with Crippen molar-refractivity contribution in [3.63, 3.8) is 0 Å². The standard InChI is InChI=1S/C2HN3.H4N2/c3-1-5-2-4;1-2/h5H;1-2H2. The van der Waals surface area contributed by atoms with E-state index < -0.39 is 0 Å². The lowest BCUT2D eigenvalue weighted by atomic mass is 11.2. The quantitative estimate of drug-likeness (QED) is 0.146.